The highest BCUT2D eigenvalue weighted by molar-refractivity contribution is 7.99. The quantitative estimate of drug-likeness (QED) is 0.722. The van der Waals surface area contributed by atoms with Crippen LogP contribution in [-0.2, 0) is 9.53 Å². The molecule has 0 unspecified atom stereocenters. The van der Waals surface area contributed by atoms with Crippen LogP contribution in [0.4, 0.5) is 5.69 Å². The molecular formula is C15H24N2O2S. The Balaban J connectivity index is 2.36. The summed E-state index contributed by atoms with van der Waals surface area (Å²) in [6.45, 7) is 7.85. The lowest BCUT2D eigenvalue weighted by atomic mass is 10.1. The van der Waals surface area contributed by atoms with Gasteiger partial charge < -0.3 is 15.8 Å². The predicted octanol–water partition coefficient (Wildman–Crippen LogP) is 2.26. The molecule has 0 saturated carbocycles. The molecule has 112 valence electrons. The highest BCUT2D eigenvalue weighted by Gasteiger charge is 2.08. The number of hydrogen-bond acceptors (Lipinski definition) is 4. The average molecular weight is 296 g/mol. The van der Waals surface area contributed by atoms with E-state index < -0.39 is 0 Å². The molecule has 0 radical (unpaired) electrons. The second kappa shape index (κ2) is 9.00. The summed E-state index contributed by atoms with van der Waals surface area (Å²) in [7, 11) is 0. The van der Waals surface area contributed by atoms with Crippen LogP contribution in [0.15, 0.2) is 12.1 Å². The lowest BCUT2D eigenvalue weighted by molar-refractivity contribution is -0.113. The lowest BCUT2D eigenvalue weighted by Crippen LogP contribution is -2.17. The Morgan fingerprint density at radius 2 is 1.90 bits per heavy atom. The third-order valence-corrected chi connectivity index (χ3v) is 3.73. The largest absolute Gasteiger partial charge is 0.379 e. The molecule has 0 aliphatic carbocycles. The average Bonchev–Trinajstić information content (AvgIpc) is 2.38. The zero-order valence-electron chi connectivity index (χ0n) is 12.5. The molecule has 0 aliphatic rings. The molecule has 0 aliphatic heterocycles. The van der Waals surface area contributed by atoms with Gasteiger partial charge in [-0.25, -0.2) is 0 Å². The van der Waals surface area contributed by atoms with Gasteiger partial charge in [-0.3, -0.25) is 4.79 Å². The van der Waals surface area contributed by atoms with Crippen LogP contribution in [-0.4, -0.2) is 37.2 Å². The van der Waals surface area contributed by atoms with Gasteiger partial charge in [-0.2, -0.15) is 0 Å². The highest BCUT2D eigenvalue weighted by Crippen LogP contribution is 2.22. The Kier molecular flexibility index (Phi) is 7.65. The topological polar surface area (TPSA) is 64.3 Å². The number of amides is 1. The predicted molar refractivity (Wildman–Crippen MR) is 86.5 cm³/mol. The normalized spacial score (nSPS) is 10.6. The van der Waals surface area contributed by atoms with E-state index in [4.69, 9.17) is 10.5 Å². The molecule has 0 spiro atoms. The van der Waals surface area contributed by atoms with Gasteiger partial charge in [0.25, 0.3) is 0 Å². The van der Waals surface area contributed by atoms with Crippen molar-refractivity contribution in [2.24, 2.45) is 5.73 Å². The van der Waals surface area contributed by atoms with Crippen LogP contribution >= 0.6 is 11.8 Å². The smallest absolute Gasteiger partial charge is 0.234 e. The van der Waals surface area contributed by atoms with Crippen molar-refractivity contribution in [1.82, 2.24) is 0 Å². The van der Waals surface area contributed by atoms with E-state index in [2.05, 4.69) is 24.4 Å². The van der Waals surface area contributed by atoms with E-state index in [1.807, 2.05) is 13.8 Å². The molecule has 5 heteroatoms. The number of hydrogen-bond donors (Lipinski definition) is 2. The molecule has 3 N–H and O–H groups in total. The van der Waals surface area contributed by atoms with Crippen molar-refractivity contribution in [1.29, 1.82) is 0 Å². The molecule has 0 fully saturated rings. The molecule has 1 aromatic rings. The highest BCUT2D eigenvalue weighted by atomic mass is 32.2. The number of aryl methyl sites for hydroxylation is 3. The maximum atomic E-state index is 11.9. The van der Waals surface area contributed by atoms with Crippen LogP contribution in [0, 0.1) is 20.8 Å². The van der Waals surface area contributed by atoms with Crippen LogP contribution in [0.25, 0.3) is 0 Å². The molecule has 0 saturated heterocycles. The number of nitrogens with two attached hydrogens (primary N) is 1. The summed E-state index contributed by atoms with van der Waals surface area (Å²) in [6, 6.07) is 4.16. The van der Waals surface area contributed by atoms with Gasteiger partial charge in [-0.1, -0.05) is 17.7 Å². The van der Waals surface area contributed by atoms with Crippen LogP contribution in [0.3, 0.4) is 0 Å². The van der Waals surface area contributed by atoms with Crippen molar-refractivity contribution in [3.8, 4) is 0 Å². The van der Waals surface area contributed by atoms with Crippen LogP contribution < -0.4 is 11.1 Å². The third-order valence-electron chi connectivity index (χ3n) is 2.81. The van der Waals surface area contributed by atoms with E-state index in [0.29, 0.717) is 25.5 Å². The Labute approximate surface area is 125 Å². The van der Waals surface area contributed by atoms with Crippen molar-refractivity contribution >= 4 is 23.4 Å². The van der Waals surface area contributed by atoms with Crippen molar-refractivity contribution < 1.29 is 9.53 Å². The Hall–Kier alpha value is -1.04. The van der Waals surface area contributed by atoms with E-state index in [1.54, 1.807) is 11.8 Å². The molecule has 1 aromatic carbocycles. The van der Waals surface area contributed by atoms with Crippen molar-refractivity contribution in [2.75, 3.05) is 36.6 Å². The SMILES string of the molecule is Cc1cc(C)c(NC(=O)CSCCOCCN)c(C)c1. The minimum Gasteiger partial charge on any atom is -0.379 e. The molecule has 20 heavy (non-hydrogen) atoms. The number of benzene rings is 1. The fraction of sp³-hybridized carbons (Fsp3) is 0.533. The summed E-state index contributed by atoms with van der Waals surface area (Å²) < 4.78 is 5.26. The van der Waals surface area contributed by atoms with Crippen molar-refractivity contribution in [3.05, 3.63) is 28.8 Å². The number of carbonyl (C=O) groups excluding carboxylic acids is 1. The summed E-state index contributed by atoms with van der Waals surface area (Å²) >= 11 is 1.57. The summed E-state index contributed by atoms with van der Waals surface area (Å²) in [5.74, 6) is 1.28. The standard InChI is InChI=1S/C15H24N2O2S/c1-11-8-12(2)15(13(3)9-11)17-14(18)10-20-7-6-19-5-4-16/h8-9H,4-7,10,16H2,1-3H3,(H,17,18). The molecule has 1 rings (SSSR count). The summed E-state index contributed by atoms with van der Waals surface area (Å²) in [5, 5.41) is 2.99. The first kappa shape index (κ1) is 17.0. The second-order valence-electron chi connectivity index (χ2n) is 4.78. The van der Waals surface area contributed by atoms with Gasteiger partial charge in [0.05, 0.1) is 19.0 Å². The minimum atomic E-state index is 0.0314. The second-order valence-corrected chi connectivity index (χ2v) is 5.88. The summed E-state index contributed by atoms with van der Waals surface area (Å²) in [6.07, 6.45) is 0. The first-order valence-electron chi connectivity index (χ1n) is 6.78. The van der Waals surface area contributed by atoms with Crippen LogP contribution in [0.5, 0.6) is 0 Å². The van der Waals surface area contributed by atoms with Crippen molar-refractivity contribution in [3.63, 3.8) is 0 Å². The molecular weight excluding hydrogens is 272 g/mol. The number of rotatable bonds is 8. The Morgan fingerprint density at radius 3 is 2.50 bits per heavy atom. The van der Waals surface area contributed by atoms with Gasteiger partial charge in [0, 0.05) is 18.0 Å². The van der Waals surface area contributed by atoms with E-state index in [-0.39, 0.29) is 5.91 Å². The lowest BCUT2D eigenvalue weighted by Gasteiger charge is -2.12. The van der Waals surface area contributed by atoms with E-state index in [0.717, 1.165) is 22.6 Å². The maximum absolute atomic E-state index is 11.9. The minimum absolute atomic E-state index is 0.0314. The first-order chi connectivity index (χ1) is 9.54. The van der Waals surface area contributed by atoms with Gasteiger partial charge >= 0.3 is 0 Å². The molecule has 0 bridgehead atoms. The molecule has 1 amide bonds. The van der Waals surface area contributed by atoms with Gasteiger partial charge in [-0.15, -0.1) is 11.8 Å². The zero-order chi connectivity index (χ0) is 15.0. The number of ether oxygens (including phenoxy) is 1. The molecule has 0 aromatic heterocycles. The number of thioether (sulfide) groups is 1. The molecule has 0 heterocycles. The van der Waals surface area contributed by atoms with Gasteiger partial charge in [0.2, 0.25) is 5.91 Å². The molecule has 4 nitrogen and oxygen atoms in total. The summed E-state index contributed by atoms with van der Waals surface area (Å²) in [5.41, 5.74) is 9.67. The number of nitrogens with one attached hydrogen (secondary N) is 1. The van der Waals surface area contributed by atoms with Crippen LogP contribution in [0.2, 0.25) is 0 Å². The maximum Gasteiger partial charge on any atom is 0.234 e. The van der Waals surface area contributed by atoms with E-state index >= 15 is 0 Å². The Bertz CT molecular complexity index is 426. The van der Waals surface area contributed by atoms with Gasteiger partial charge in [0.1, 0.15) is 0 Å². The Morgan fingerprint density at radius 1 is 1.25 bits per heavy atom. The van der Waals surface area contributed by atoms with Gasteiger partial charge in [0.15, 0.2) is 0 Å². The third kappa shape index (κ3) is 5.94. The van der Waals surface area contributed by atoms with E-state index in [1.165, 1.54) is 5.56 Å². The monoisotopic (exact) mass is 296 g/mol. The van der Waals surface area contributed by atoms with Crippen LogP contribution in [0.1, 0.15) is 16.7 Å². The van der Waals surface area contributed by atoms with Crippen molar-refractivity contribution in [2.45, 2.75) is 20.8 Å². The van der Waals surface area contributed by atoms with Gasteiger partial charge in [-0.05, 0) is 31.9 Å². The number of anilines is 1. The first-order valence-corrected chi connectivity index (χ1v) is 7.93. The van der Waals surface area contributed by atoms with E-state index in [9.17, 15) is 4.79 Å². The summed E-state index contributed by atoms with van der Waals surface area (Å²) in [4.78, 5) is 11.9. The fourth-order valence-electron chi connectivity index (χ4n) is 2.02. The number of carbonyl (C=O) groups is 1. The molecule has 0 atom stereocenters. The fourth-order valence-corrected chi connectivity index (χ4v) is 2.66. The zero-order valence-corrected chi connectivity index (χ0v) is 13.3.